The summed E-state index contributed by atoms with van der Waals surface area (Å²) in [5, 5.41) is 9.67. The second kappa shape index (κ2) is 7.90. The fourth-order valence-corrected chi connectivity index (χ4v) is 4.78. The molecule has 0 aromatic heterocycles. The number of amides is 1. The molecule has 0 bridgehead atoms. The number of hydrogen-bond acceptors (Lipinski definition) is 5. The largest absolute Gasteiger partial charge is 0.591 e. The first kappa shape index (κ1) is 22.6. The van der Waals surface area contributed by atoms with Gasteiger partial charge in [0, 0.05) is 24.1 Å². The van der Waals surface area contributed by atoms with Gasteiger partial charge in [-0.3, -0.25) is 0 Å². The lowest BCUT2D eigenvalue weighted by Gasteiger charge is -2.39. The van der Waals surface area contributed by atoms with Crippen LogP contribution in [-0.2, 0) is 22.5 Å². The van der Waals surface area contributed by atoms with E-state index in [1.54, 1.807) is 11.0 Å². The summed E-state index contributed by atoms with van der Waals surface area (Å²) in [7, 11) is 0. The Morgan fingerprint density at radius 2 is 1.87 bits per heavy atom. The Morgan fingerprint density at radius 1 is 1.23 bits per heavy atom. The van der Waals surface area contributed by atoms with Crippen molar-refractivity contribution in [1.29, 1.82) is 5.26 Å². The van der Waals surface area contributed by atoms with Crippen LogP contribution in [0.2, 0.25) is 0 Å². The van der Waals surface area contributed by atoms with Crippen molar-refractivity contribution in [2.24, 2.45) is 9.81 Å². The molecule has 1 unspecified atom stereocenters. The molecule has 1 saturated heterocycles. The molecular formula is C23H31N3O3S. The summed E-state index contributed by atoms with van der Waals surface area (Å²) >= 11 is -1.43. The SMILES string of the molecule is CC(C)(C)OC(=O)N1CCC2(CC1)Cc1cccc(C#N)c1/C2=N/[S+]([O-])C(C)(C)C. The minimum Gasteiger partial charge on any atom is -0.591 e. The number of carbonyl (C=O) groups excluding carboxylic acids is 1. The van der Waals surface area contributed by atoms with Gasteiger partial charge in [-0.05, 0) is 72.4 Å². The van der Waals surface area contributed by atoms with E-state index < -0.39 is 21.7 Å². The van der Waals surface area contributed by atoms with Crippen molar-refractivity contribution < 1.29 is 14.1 Å². The van der Waals surface area contributed by atoms with Crippen molar-refractivity contribution in [2.45, 2.75) is 71.2 Å². The van der Waals surface area contributed by atoms with E-state index in [4.69, 9.17) is 9.13 Å². The van der Waals surface area contributed by atoms with Crippen LogP contribution >= 0.6 is 0 Å². The smallest absolute Gasteiger partial charge is 0.410 e. The van der Waals surface area contributed by atoms with Gasteiger partial charge >= 0.3 is 6.09 Å². The van der Waals surface area contributed by atoms with Gasteiger partial charge in [0.15, 0.2) is 0 Å². The van der Waals surface area contributed by atoms with E-state index in [0.29, 0.717) is 31.5 Å². The van der Waals surface area contributed by atoms with Crippen LogP contribution in [0, 0.1) is 16.7 Å². The quantitative estimate of drug-likeness (QED) is 0.620. The van der Waals surface area contributed by atoms with Crippen LogP contribution in [0.15, 0.2) is 22.6 Å². The molecule has 1 aromatic rings. The lowest BCUT2D eigenvalue weighted by atomic mass is 9.74. The molecule has 1 heterocycles. The van der Waals surface area contributed by atoms with E-state index in [9.17, 15) is 14.6 Å². The minimum absolute atomic E-state index is 0.303. The van der Waals surface area contributed by atoms with E-state index in [1.807, 2.05) is 53.7 Å². The molecule has 1 aliphatic heterocycles. The van der Waals surface area contributed by atoms with Crippen molar-refractivity contribution in [2.75, 3.05) is 13.1 Å². The van der Waals surface area contributed by atoms with E-state index in [-0.39, 0.29) is 11.5 Å². The van der Waals surface area contributed by atoms with Gasteiger partial charge in [-0.25, -0.2) is 4.79 Å². The highest BCUT2D eigenvalue weighted by atomic mass is 32.2. The number of hydrogen-bond donors (Lipinski definition) is 0. The van der Waals surface area contributed by atoms with E-state index >= 15 is 0 Å². The maximum absolute atomic E-state index is 12.9. The Morgan fingerprint density at radius 3 is 2.40 bits per heavy atom. The second-order valence-electron chi connectivity index (χ2n) is 10.2. The first-order chi connectivity index (χ1) is 13.9. The number of rotatable bonds is 1. The number of nitrogens with zero attached hydrogens (tertiary/aromatic N) is 3. The average molecular weight is 430 g/mol. The lowest BCUT2D eigenvalue weighted by molar-refractivity contribution is 0.0159. The standard InChI is InChI=1S/C23H31N3O3S/c1-21(2,3)29-20(27)26-12-10-23(11-13-26)14-16-8-7-9-17(15-24)18(16)19(23)25-30(28)22(4,5)6/h7-9H,10-14H2,1-6H3/b25-19-. The summed E-state index contributed by atoms with van der Waals surface area (Å²) in [4.78, 5) is 14.2. The Kier molecular flexibility index (Phi) is 5.96. The average Bonchev–Trinajstić information content (AvgIpc) is 2.93. The third-order valence-electron chi connectivity index (χ3n) is 5.61. The zero-order chi connectivity index (χ0) is 22.3. The molecule has 7 heteroatoms. The predicted molar refractivity (Wildman–Crippen MR) is 119 cm³/mol. The van der Waals surface area contributed by atoms with Gasteiger partial charge in [0.25, 0.3) is 0 Å². The number of likely N-dealkylation sites (tertiary alicyclic amines) is 1. The third-order valence-corrected chi connectivity index (χ3v) is 7.01. The molecule has 1 aliphatic carbocycles. The molecule has 6 nitrogen and oxygen atoms in total. The molecule has 162 valence electrons. The summed E-state index contributed by atoms with van der Waals surface area (Å²) in [6.07, 6.45) is 1.85. The molecule has 0 radical (unpaired) electrons. The van der Waals surface area contributed by atoms with Crippen LogP contribution in [0.1, 0.15) is 71.1 Å². The molecule has 1 amide bonds. The predicted octanol–water partition coefficient (Wildman–Crippen LogP) is 4.38. The lowest BCUT2D eigenvalue weighted by Crippen LogP contribution is -2.47. The van der Waals surface area contributed by atoms with Gasteiger partial charge < -0.3 is 14.2 Å². The molecule has 30 heavy (non-hydrogen) atoms. The Hall–Kier alpha value is -2.04. The first-order valence-corrected chi connectivity index (χ1v) is 11.5. The molecule has 1 aromatic carbocycles. The van der Waals surface area contributed by atoms with Crippen LogP contribution in [0.4, 0.5) is 4.79 Å². The van der Waals surface area contributed by atoms with Crippen LogP contribution in [0.5, 0.6) is 0 Å². The van der Waals surface area contributed by atoms with Crippen molar-refractivity contribution >= 4 is 23.2 Å². The molecule has 1 fully saturated rings. The van der Waals surface area contributed by atoms with Crippen molar-refractivity contribution in [3.63, 3.8) is 0 Å². The van der Waals surface area contributed by atoms with Gasteiger partial charge in [-0.2, -0.15) is 5.26 Å². The Bertz CT molecular complexity index is 898. The zero-order valence-electron chi connectivity index (χ0n) is 18.7. The van der Waals surface area contributed by atoms with E-state index in [0.717, 1.165) is 23.3 Å². The molecule has 2 aliphatic rings. The van der Waals surface area contributed by atoms with Gasteiger partial charge in [-0.15, -0.1) is 0 Å². The summed E-state index contributed by atoms with van der Waals surface area (Å²) in [6.45, 7) is 12.4. The minimum atomic E-state index is -1.43. The zero-order valence-corrected chi connectivity index (χ0v) is 19.6. The number of ether oxygens (including phenoxy) is 1. The highest BCUT2D eigenvalue weighted by molar-refractivity contribution is 7.91. The van der Waals surface area contributed by atoms with Gasteiger partial charge in [0.05, 0.1) is 11.6 Å². The highest BCUT2D eigenvalue weighted by Gasteiger charge is 2.49. The molecular weight excluding hydrogens is 398 g/mol. The number of carbonyl (C=O) groups is 1. The summed E-state index contributed by atoms with van der Waals surface area (Å²) in [5.74, 6) is 0. The number of nitriles is 1. The molecule has 0 N–H and O–H groups in total. The van der Waals surface area contributed by atoms with Gasteiger partial charge in [-0.1, -0.05) is 16.5 Å². The number of piperidine rings is 1. The Balaban J connectivity index is 1.94. The maximum atomic E-state index is 12.9. The number of fused-ring (bicyclic) bond motifs is 1. The van der Waals surface area contributed by atoms with Gasteiger partial charge in [0.1, 0.15) is 27.4 Å². The van der Waals surface area contributed by atoms with Crippen molar-refractivity contribution in [3.05, 3.63) is 34.9 Å². The first-order valence-electron chi connectivity index (χ1n) is 10.4. The molecule has 0 saturated carbocycles. The Labute approximate surface area is 182 Å². The topological polar surface area (TPSA) is 88.8 Å². The monoisotopic (exact) mass is 429 g/mol. The van der Waals surface area contributed by atoms with Crippen LogP contribution in [0.3, 0.4) is 0 Å². The van der Waals surface area contributed by atoms with Crippen molar-refractivity contribution in [3.8, 4) is 6.07 Å². The van der Waals surface area contributed by atoms with Crippen LogP contribution in [0.25, 0.3) is 0 Å². The van der Waals surface area contributed by atoms with E-state index in [1.165, 1.54) is 0 Å². The molecule has 1 atom stereocenters. The van der Waals surface area contributed by atoms with Gasteiger partial charge in [0.2, 0.25) is 0 Å². The van der Waals surface area contributed by atoms with Crippen molar-refractivity contribution in [1.82, 2.24) is 4.90 Å². The summed E-state index contributed by atoms with van der Waals surface area (Å²) in [5.41, 5.74) is 2.41. The van der Waals surface area contributed by atoms with Crippen LogP contribution in [-0.4, -0.2) is 44.7 Å². The normalized spacial score (nSPS) is 20.7. The fraction of sp³-hybridized carbons (Fsp3) is 0.609. The van der Waals surface area contributed by atoms with Crippen LogP contribution < -0.4 is 0 Å². The third kappa shape index (κ3) is 4.50. The second-order valence-corrected chi connectivity index (χ2v) is 12.1. The maximum Gasteiger partial charge on any atom is 0.410 e. The molecule has 1 spiro atoms. The number of benzene rings is 1. The summed E-state index contributed by atoms with van der Waals surface area (Å²) < 4.78 is 22.7. The van der Waals surface area contributed by atoms with E-state index in [2.05, 4.69) is 6.07 Å². The fourth-order valence-electron chi connectivity index (χ4n) is 4.05. The summed E-state index contributed by atoms with van der Waals surface area (Å²) in [6, 6.07) is 8.00. The highest BCUT2D eigenvalue weighted by Crippen LogP contribution is 2.47. The molecule has 3 rings (SSSR count).